The smallest absolute Gasteiger partial charge is 0.265 e. The highest BCUT2D eigenvalue weighted by Crippen LogP contribution is 2.20. The summed E-state index contributed by atoms with van der Waals surface area (Å²) in [5, 5.41) is 10.3. The van der Waals surface area contributed by atoms with Crippen LogP contribution in [-0.4, -0.2) is 68.5 Å². The number of aliphatic hydroxyl groups excluding tert-OH is 1. The molecular weight excluding hydrogens is 372 g/mol. The molecule has 0 unspecified atom stereocenters. The number of piperazine rings is 1. The summed E-state index contributed by atoms with van der Waals surface area (Å²) in [6.45, 7) is 4.33. The molecule has 4 N–H and O–H groups in total. The Morgan fingerprint density at radius 1 is 1.07 bits per heavy atom. The molecule has 1 aliphatic rings. The van der Waals surface area contributed by atoms with Crippen LogP contribution in [0.1, 0.15) is 10.4 Å². The second-order valence-corrected chi connectivity index (χ2v) is 6.95. The topological polar surface area (TPSA) is 100 Å². The van der Waals surface area contributed by atoms with Crippen LogP contribution < -0.4 is 25.6 Å². The van der Waals surface area contributed by atoms with E-state index >= 15 is 0 Å². The summed E-state index contributed by atoms with van der Waals surface area (Å²) in [5.74, 6) is 6.20. The number of hydrazine groups is 1. The first kappa shape index (κ1) is 20.9. The summed E-state index contributed by atoms with van der Waals surface area (Å²) in [6, 6.07) is 14.7. The van der Waals surface area contributed by atoms with Gasteiger partial charge in [-0.1, -0.05) is 0 Å². The molecule has 0 aliphatic carbocycles. The number of amides is 1. The molecule has 1 amide bonds. The highest BCUT2D eigenvalue weighted by atomic mass is 16.5. The van der Waals surface area contributed by atoms with Gasteiger partial charge in [-0.15, -0.1) is 0 Å². The standard InChI is InChI=1S/C21H28N4O4/c1-28-19-8-4-17(5-9-19)25-12-10-24(11-13-25)14-18(26)15-29-20-6-2-16(3-7-20)21(27)23-22/h2-9,18,26H,10-15,22H2,1H3,(H,23,27)/t18-/m0/s1. The van der Waals surface area contributed by atoms with Crippen LogP contribution in [0.5, 0.6) is 11.5 Å². The van der Waals surface area contributed by atoms with Gasteiger partial charge in [0.1, 0.15) is 24.2 Å². The molecule has 0 saturated carbocycles. The number of benzene rings is 2. The third kappa shape index (κ3) is 5.83. The number of nitrogens with zero attached hydrogens (tertiary/aromatic N) is 2. The van der Waals surface area contributed by atoms with Crippen LogP contribution in [-0.2, 0) is 0 Å². The van der Waals surface area contributed by atoms with E-state index in [1.54, 1.807) is 31.4 Å². The maximum absolute atomic E-state index is 11.4. The molecule has 2 aromatic rings. The molecule has 29 heavy (non-hydrogen) atoms. The molecule has 1 fully saturated rings. The van der Waals surface area contributed by atoms with E-state index in [2.05, 4.69) is 27.4 Å². The third-order valence-electron chi connectivity index (χ3n) is 4.97. The van der Waals surface area contributed by atoms with Crippen LogP contribution >= 0.6 is 0 Å². The minimum atomic E-state index is -0.588. The summed E-state index contributed by atoms with van der Waals surface area (Å²) in [6.07, 6.45) is -0.588. The maximum atomic E-state index is 11.4. The quantitative estimate of drug-likeness (QED) is 0.343. The lowest BCUT2D eigenvalue weighted by atomic mass is 10.2. The van der Waals surface area contributed by atoms with Gasteiger partial charge in [-0.05, 0) is 48.5 Å². The highest BCUT2D eigenvalue weighted by Gasteiger charge is 2.20. The fourth-order valence-electron chi connectivity index (χ4n) is 3.31. The van der Waals surface area contributed by atoms with E-state index in [1.165, 1.54) is 5.69 Å². The predicted octanol–water partition coefficient (Wildman–Crippen LogP) is 0.861. The van der Waals surface area contributed by atoms with Crippen molar-refractivity contribution in [1.29, 1.82) is 0 Å². The first-order valence-corrected chi connectivity index (χ1v) is 9.62. The van der Waals surface area contributed by atoms with E-state index in [1.807, 2.05) is 12.1 Å². The van der Waals surface area contributed by atoms with Crippen molar-refractivity contribution in [3.63, 3.8) is 0 Å². The number of nitrogen functional groups attached to an aromatic ring is 1. The van der Waals surface area contributed by atoms with Gasteiger partial charge >= 0.3 is 0 Å². The minimum absolute atomic E-state index is 0.196. The molecule has 1 saturated heterocycles. The summed E-state index contributed by atoms with van der Waals surface area (Å²) < 4.78 is 10.8. The Labute approximate surface area is 170 Å². The van der Waals surface area contributed by atoms with Gasteiger partial charge in [-0.2, -0.15) is 0 Å². The highest BCUT2D eigenvalue weighted by molar-refractivity contribution is 5.93. The number of carbonyl (C=O) groups is 1. The summed E-state index contributed by atoms with van der Waals surface area (Å²) >= 11 is 0. The summed E-state index contributed by atoms with van der Waals surface area (Å²) in [5.41, 5.74) is 3.72. The Hall–Kier alpha value is -2.81. The Kier molecular flexibility index (Phi) is 7.29. The lowest BCUT2D eigenvalue weighted by Gasteiger charge is -2.36. The lowest BCUT2D eigenvalue weighted by molar-refractivity contribution is 0.0663. The van der Waals surface area contributed by atoms with Gasteiger partial charge in [0.15, 0.2) is 0 Å². The average Bonchev–Trinajstić information content (AvgIpc) is 2.78. The van der Waals surface area contributed by atoms with Crippen LogP contribution in [0.15, 0.2) is 48.5 Å². The number of aliphatic hydroxyl groups is 1. The largest absolute Gasteiger partial charge is 0.497 e. The number of nitrogens with two attached hydrogens (primary N) is 1. The zero-order chi connectivity index (χ0) is 20.6. The minimum Gasteiger partial charge on any atom is -0.497 e. The lowest BCUT2D eigenvalue weighted by Crippen LogP contribution is -2.49. The van der Waals surface area contributed by atoms with Gasteiger partial charge in [0.25, 0.3) is 5.91 Å². The van der Waals surface area contributed by atoms with E-state index in [0.29, 0.717) is 17.9 Å². The molecule has 0 spiro atoms. The summed E-state index contributed by atoms with van der Waals surface area (Å²) in [7, 11) is 1.66. The first-order valence-electron chi connectivity index (χ1n) is 9.62. The number of methoxy groups -OCH3 is 1. The van der Waals surface area contributed by atoms with Crippen molar-refractivity contribution in [1.82, 2.24) is 10.3 Å². The molecule has 3 rings (SSSR count). The van der Waals surface area contributed by atoms with Crippen molar-refractivity contribution in [3.8, 4) is 11.5 Å². The molecule has 156 valence electrons. The number of rotatable bonds is 8. The Morgan fingerprint density at radius 2 is 1.69 bits per heavy atom. The van der Waals surface area contributed by atoms with Crippen LogP contribution in [0.2, 0.25) is 0 Å². The Bertz CT molecular complexity index is 774. The van der Waals surface area contributed by atoms with Gasteiger partial charge in [-0.3, -0.25) is 15.1 Å². The number of ether oxygens (including phenoxy) is 2. The second kappa shape index (κ2) is 10.1. The van der Waals surface area contributed by atoms with E-state index in [4.69, 9.17) is 15.3 Å². The molecule has 1 heterocycles. The SMILES string of the molecule is COc1ccc(N2CCN(C[C@H](O)COc3ccc(C(=O)NN)cc3)CC2)cc1. The van der Waals surface area contributed by atoms with Crippen molar-refractivity contribution < 1.29 is 19.4 Å². The number of nitrogens with one attached hydrogen (secondary N) is 1. The van der Waals surface area contributed by atoms with Crippen molar-refractivity contribution in [2.24, 2.45) is 5.84 Å². The van der Waals surface area contributed by atoms with E-state index in [-0.39, 0.29) is 12.5 Å². The first-order chi connectivity index (χ1) is 14.1. The van der Waals surface area contributed by atoms with Gasteiger partial charge in [0, 0.05) is 44.0 Å². The van der Waals surface area contributed by atoms with Gasteiger partial charge in [-0.25, -0.2) is 5.84 Å². The van der Waals surface area contributed by atoms with Gasteiger partial charge < -0.3 is 19.5 Å². The summed E-state index contributed by atoms with van der Waals surface area (Å²) in [4.78, 5) is 16.0. The predicted molar refractivity (Wildman–Crippen MR) is 111 cm³/mol. The second-order valence-electron chi connectivity index (χ2n) is 6.95. The van der Waals surface area contributed by atoms with Gasteiger partial charge in [0.2, 0.25) is 0 Å². The molecule has 1 atom stereocenters. The van der Waals surface area contributed by atoms with E-state index in [0.717, 1.165) is 31.9 Å². The molecule has 0 radical (unpaired) electrons. The number of hydrogen-bond acceptors (Lipinski definition) is 7. The van der Waals surface area contributed by atoms with Gasteiger partial charge in [0.05, 0.1) is 7.11 Å². The molecule has 8 nitrogen and oxygen atoms in total. The molecule has 0 aromatic heterocycles. The maximum Gasteiger partial charge on any atom is 0.265 e. The molecule has 1 aliphatic heterocycles. The molecule has 8 heteroatoms. The zero-order valence-electron chi connectivity index (χ0n) is 16.6. The van der Waals surface area contributed by atoms with Crippen molar-refractivity contribution in [2.75, 3.05) is 51.3 Å². The van der Waals surface area contributed by atoms with E-state index in [9.17, 15) is 9.90 Å². The number of carbonyl (C=O) groups excluding carboxylic acids is 1. The monoisotopic (exact) mass is 400 g/mol. The van der Waals surface area contributed by atoms with E-state index < -0.39 is 6.10 Å². The normalized spacial score (nSPS) is 15.6. The van der Waals surface area contributed by atoms with Crippen LogP contribution in [0.4, 0.5) is 5.69 Å². The Morgan fingerprint density at radius 3 is 2.28 bits per heavy atom. The van der Waals surface area contributed by atoms with Crippen LogP contribution in [0, 0.1) is 0 Å². The zero-order valence-corrected chi connectivity index (χ0v) is 16.6. The molecule has 0 bridgehead atoms. The Balaban J connectivity index is 1.40. The van der Waals surface area contributed by atoms with Crippen LogP contribution in [0.25, 0.3) is 0 Å². The van der Waals surface area contributed by atoms with Crippen molar-refractivity contribution in [3.05, 3.63) is 54.1 Å². The third-order valence-corrected chi connectivity index (χ3v) is 4.97. The molecular formula is C21H28N4O4. The molecule has 2 aromatic carbocycles. The van der Waals surface area contributed by atoms with Crippen molar-refractivity contribution >= 4 is 11.6 Å². The number of hydrogen-bond donors (Lipinski definition) is 3. The number of anilines is 1. The van der Waals surface area contributed by atoms with Crippen LogP contribution in [0.3, 0.4) is 0 Å². The van der Waals surface area contributed by atoms with Crippen molar-refractivity contribution in [2.45, 2.75) is 6.10 Å². The average molecular weight is 400 g/mol. The fourth-order valence-corrected chi connectivity index (χ4v) is 3.31. The fraction of sp³-hybridized carbons (Fsp3) is 0.381. The number of β-amino-alcohol motifs (C(OH)–C–C–N with tert-alkyl or cyclic N) is 1.